The van der Waals surface area contributed by atoms with Gasteiger partial charge in [-0.25, -0.2) is 4.99 Å². The Morgan fingerprint density at radius 3 is 2.00 bits per heavy atom. The van der Waals surface area contributed by atoms with Crippen molar-refractivity contribution in [1.29, 1.82) is 0 Å². The topological polar surface area (TPSA) is 21.6 Å². The number of aliphatic imine (C=N–C) groups is 1. The molecule has 2 atom stereocenters. The molecule has 3 aromatic carbocycles. The highest BCUT2D eigenvalue weighted by Crippen LogP contribution is 2.34. The minimum Gasteiger partial charge on any atom is -0.472 e. The highest BCUT2D eigenvalue weighted by molar-refractivity contribution is 5.96. The Labute approximate surface area is 167 Å². The van der Waals surface area contributed by atoms with Crippen LogP contribution < -0.4 is 0 Å². The lowest BCUT2D eigenvalue weighted by atomic mass is 9.98. The zero-order chi connectivity index (χ0) is 20.6. The summed E-state index contributed by atoms with van der Waals surface area (Å²) >= 11 is 0. The number of halogens is 3. The summed E-state index contributed by atoms with van der Waals surface area (Å²) in [4.78, 5) is 4.78. The van der Waals surface area contributed by atoms with Crippen LogP contribution in [-0.2, 0) is 10.9 Å². The average molecular weight is 395 g/mol. The second kappa shape index (κ2) is 7.39. The average Bonchev–Trinajstić information content (AvgIpc) is 3.09. The second-order valence-electron chi connectivity index (χ2n) is 7.21. The van der Waals surface area contributed by atoms with Crippen molar-refractivity contribution in [2.24, 2.45) is 4.99 Å². The van der Waals surface area contributed by atoms with Crippen molar-refractivity contribution >= 4 is 5.90 Å². The smallest absolute Gasteiger partial charge is 0.416 e. The molecule has 0 aliphatic carbocycles. The third-order valence-electron chi connectivity index (χ3n) is 5.17. The van der Waals surface area contributed by atoms with E-state index in [4.69, 9.17) is 9.73 Å². The standard InChI is InChI=1S/C24H20F3NO/c1-15-5-3-4-6-21(15)23-28-22(16(2)29-23)19-9-7-17(8-10-19)18-11-13-20(14-12-18)24(25,26)27/h3-14,16,22H,1-2H3/t16-,22-/m1/s1. The van der Waals surface area contributed by atoms with E-state index in [1.807, 2.05) is 62.4 Å². The zero-order valence-corrected chi connectivity index (χ0v) is 16.1. The molecule has 3 aromatic rings. The van der Waals surface area contributed by atoms with E-state index < -0.39 is 11.7 Å². The van der Waals surface area contributed by atoms with Gasteiger partial charge in [-0.2, -0.15) is 13.2 Å². The lowest BCUT2D eigenvalue weighted by Crippen LogP contribution is -2.12. The lowest BCUT2D eigenvalue weighted by Gasteiger charge is -2.14. The van der Waals surface area contributed by atoms with Crippen LogP contribution in [-0.4, -0.2) is 12.0 Å². The van der Waals surface area contributed by atoms with Gasteiger partial charge in [0.05, 0.1) is 5.56 Å². The molecule has 29 heavy (non-hydrogen) atoms. The van der Waals surface area contributed by atoms with Crippen molar-refractivity contribution < 1.29 is 17.9 Å². The molecule has 0 radical (unpaired) electrons. The highest BCUT2D eigenvalue weighted by Gasteiger charge is 2.31. The van der Waals surface area contributed by atoms with Gasteiger partial charge in [-0.1, -0.05) is 54.6 Å². The number of rotatable bonds is 3. The lowest BCUT2D eigenvalue weighted by molar-refractivity contribution is -0.137. The maximum atomic E-state index is 12.7. The Balaban J connectivity index is 1.57. The molecule has 0 aromatic heterocycles. The Hall–Kier alpha value is -3.08. The summed E-state index contributed by atoms with van der Waals surface area (Å²) in [6.07, 6.45) is -4.42. The number of aryl methyl sites for hydroxylation is 1. The molecule has 2 nitrogen and oxygen atoms in total. The van der Waals surface area contributed by atoms with Gasteiger partial charge in [0, 0.05) is 5.56 Å². The van der Waals surface area contributed by atoms with Gasteiger partial charge in [-0.15, -0.1) is 0 Å². The van der Waals surface area contributed by atoms with Gasteiger partial charge in [0.15, 0.2) is 0 Å². The summed E-state index contributed by atoms with van der Waals surface area (Å²) in [6, 6.07) is 20.8. The minimum atomic E-state index is -4.33. The fourth-order valence-electron chi connectivity index (χ4n) is 3.52. The van der Waals surface area contributed by atoms with Crippen molar-refractivity contribution in [3.05, 3.63) is 95.1 Å². The third kappa shape index (κ3) is 3.90. The van der Waals surface area contributed by atoms with Crippen molar-refractivity contribution in [3.8, 4) is 11.1 Å². The maximum absolute atomic E-state index is 12.7. The Morgan fingerprint density at radius 1 is 0.828 bits per heavy atom. The van der Waals surface area contributed by atoms with Crippen LogP contribution in [0.15, 0.2) is 77.8 Å². The number of nitrogens with zero attached hydrogens (tertiary/aromatic N) is 1. The quantitative estimate of drug-likeness (QED) is 0.490. The van der Waals surface area contributed by atoms with Gasteiger partial charge >= 0.3 is 6.18 Å². The van der Waals surface area contributed by atoms with Gasteiger partial charge in [0.2, 0.25) is 5.90 Å². The molecule has 0 amide bonds. The molecular weight excluding hydrogens is 375 g/mol. The largest absolute Gasteiger partial charge is 0.472 e. The molecule has 0 unspecified atom stereocenters. The van der Waals surface area contributed by atoms with Crippen molar-refractivity contribution in [2.45, 2.75) is 32.2 Å². The van der Waals surface area contributed by atoms with E-state index in [0.717, 1.165) is 39.9 Å². The summed E-state index contributed by atoms with van der Waals surface area (Å²) in [5.41, 5.74) is 4.06. The van der Waals surface area contributed by atoms with E-state index >= 15 is 0 Å². The number of alkyl halides is 3. The fraction of sp³-hybridized carbons (Fsp3) is 0.208. The summed E-state index contributed by atoms with van der Waals surface area (Å²) < 4.78 is 44.2. The Kier molecular flexibility index (Phi) is 4.91. The van der Waals surface area contributed by atoms with E-state index in [1.165, 1.54) is 12.1 Å². The summed E-state index contributed by atoms with van der Waals surface area (Å²) in [6.45, 7) is 4.02. The first kappa shape index (κ1) is 19.2. The molecule has 0 spiro atoms. The van der Waals surface area contributed by atoms with Gasteiger partial charge in [0.25, 0.3) is 0 Å². The van der Waals surface area contributed by atoms with Crippen LogP contribution in [0.1, 0.15) is 35.2 Å². The molecule has 4 rings (SSSR count). The van der Waals surface area contributed by atoms with Crippen LogP contribution in [0.4, 0.5) is 13.2 Å². The van der Waals surface area contributed by atoms with E-state index in [2.05, 4.69) is 0 Å². The molecule has 5 heteroatoms. The highest BCUT2D eigenvalue weighted by atomic mass is 19.4. The molecule has 1 aliphatic rings. The first-order chi connectivity index (χ1) is 13.8. The van der Waals surface area contributed by atoms with Crippen LogP contribution in [0.5, 0.6) is 0 Å². The van der Waals surface area contributed by atoms with E-state index in [9.17, 15) is 13.2 Å². The number of hydrogen-bond donors (Lipinski definition) is 0. The molecule has 1 heterocycles. The number of benzene rings is 3. The van der Waals surface area contributed by atoms with E-state index in [0.29, 0.717) is 5.90 Å². The second-order valence-corrected chi connectivity index (χ2v) is 7.21. The maximum Gasteiger partial charge on any atom is 0.416 e. The SMILES string of the molecule is Cc1ccccc1C1=N[C@@H](c2ccc(-c3ccc(C(F)(F)F)cc3)cc2)[C@@H](C)O1. The molecule has 0 N–H and O–H groups in total. The Morgan fingerprint density at radius 2 is 1.41 bits per heavy atom. The first-order valence-corrected chi connectivity index (χ1v) is 9.41. The van der Waals surface area contributed by atoms with Crippen LogP contribution >= 0.6 is 0 Å². The summed E-state index contributed by atoms with van der Waals surface area (Å²) in [5.74, 6) is 0.646. The number of hydrogen-bond acceptors (Lipinski definition) is 2. The molecular formula is C24H20F3NO. The van der Waals surface area contributed by atoms with Gasteiger partial charge in [-0.05, 0) is 54.3 Å². The summed E-state index contributed by atoms with van der Waals surface area (Å²) in [7, 11) is 0. The summed E-state index contributed by atoms with van der Waals surface area (Å²) in [5, 5.41) is 0. The molecule has 0 saturated heterocycles. The minimum absolute atomic E-state index is 0.0958. The van der Waals surface area contributed by atoms with E-state index in [1.54, 1.807) is 0 Å². The third-order valence-corrected chi connectivity index (χ3v) is 5.17. The van der Waals surface area contributed by atoms with Crippen LogP contribution in [0.2, 0.25) is 0 Å². The van der Waals surface area contributed by atoms with Crippen molar-refractivity contribution in [1.82, 2.24) is 0 Å². The van der Waals surface area contributed by atoms with Crippen molar-refractivity contribution in [3.63, 3.8) is 0 Å². The van der Waals surface area contributed by atoms with Crippen LogP contribution in [0, 0.1) is 6.92 Å². The monoisotopic (exact) mass is 395 g/mol. The number of ether oxygens (including phenoxy) is 1. The van der Waals surface area contributed by atoms with Gasteiger partial charge in [0.1, 0.15) is 12.1 Å². The van der Waals surface area contributed by atoms with E-state index in [-0.39, 0.29) is 12.1 Å². The normalized spacial score (nSPS) is 19.0. The van der Waals surface area contributed by atoms with Crippen molar-refractivity contribution in [2.75, 3.05) is 0 Å². The fourth-order valence-corrected chi connectivity index (χ4v) is 3.52. The molecule has 0 bridgehead atoms. The molecule has 1 aliphatic heterocycles. The van der Waals surface area contributed by atoms with Crippen LogP contribution in [0.3, 0.4) is 0 Å². The molecule has 148 valence electrons. The van der Waals surface area contributed by atoms with Gasteiger partial charge in [-0.3, -0.25) is 0 Å². The van der Waals surface area contributed by atoms with Crippen LogP contribution in [0.25, 0.3) is 11.1 Å². The Bertz CT molecular complexity index is 1040. The molecule has 0 fully saturated rings. The zero-order valence-electron chi connectivity index (χ0n) is 16.1. The predicted molar refractivity (Wildman–Crippen MR) is 108 cm³/mol. The first-order valence-electron chi connectivity index (χ1n) is 9.41. The predicted octanol–water partition coefficient (Wildman–Crippen LogP) is 6.59. The van der Waals surface area contributed by atoms with Gasteiger partial charge < -0.3 is 4.74 Å². The molecule has 0 saturated carbocycles.